The third-order valence-electron chi connectivity index (χ3n) is 2.87. The van der Waals surface area contributed by atoms with Crippen LogP contribution < -0.4 is 11.4 Å². The lowest BCUT2D eigenvalue weighted by Crippen LogP contribution is -2.33. The van der Waals surface area contributed by atoms with Crippen molar-refractivity contribution < 1.29 is 9.63 Å². The van der Waals surface area contributed by atoms with E-state index >= 15 is 0 Å². The van der Waals surface area contributed by atoms with E-state index in [0.717, 1.165) is 13.1 Å². The number of hydrogen-bond donors (Lipinski definition) is 2. The van der Waals surface area contributed by atoms with Crippen molar-refractivity contribution in [2.45, 2.75) is 19.3 Å². The number of carbonyl (C=O) groups is 1. The molecule has 0 atom stereocenters. The summed E-state index contributed by atoms with van der Waals surface area (Å²) in [7, 11) is 2.01. The lowest BCUT2D eigenvalue weighted by atomic mass is 10.4. The molecule has 16 heavy (non-hydrogen) atoms. The van der Waals surface area contributed by atoms with Crippen molar-refractivity contribution in [3.05, 3.63) is 0 Å². The molecule has 0 aliphatic carbocycles. The molecule has 1 fully saturated rings. The Morgan fingerprint density at radius 1 is 1.44 bits per heavy atom. The lowest BCUT2D eigenvalue weighted by molar-refractivity contribution is -0.151. The smallest absolute Gasteiger partial charge is 0.327 e. The van der Waals surface area contributed by atoms with Gasteiger partial charge in [0.1, 0.15) is 0 Å². The van der Waals surface area contributed by atoms with Crippen LogP contribution in [-0.4, -0.2) is 55.5 Å². The fraction of sp³-hybridized carbons (Fsp3) is 0.900. The number of rotatable bonds is 7. The van der Waals surface area contributed by atoms with E-state index in [1.54, 1.807) is 0 Å². The molecule has 1 saturated heterocycles. The molecular weight excluding hydrogens is 208 g/mol. The molecule has 3 N–H and O–H groups in total. The largest absolute Gasteiger partial charge is 0.356 e. The zero-order valence-corrected chi connectivity index (χ0v) is 9.95. The Kier molecular flexibility index (Phi) is 6.32. The van der Waals surface area contributed by atoms with E-state index in [1.807, 2.05) is 12.6 Å². The van der Waals surface area contributed by atoms with Gasteiger partial charge in [0.05, 0.1) is 6.42 Å². The molecule has 1 rings (SSSR count). The summed E-state index contributed by atoms with van der Waals surface area (Å²) in [5, 5.41) is 0. The van der Waals surface area contributed by atoms with Crippen molar-refractivity contribution in [1.29, 1.82) is 0 Å². The maximum absolute atomic E-state index is 11.0. The van der Waals surface area contributed by atoms with E-state index in [-0.39, 0.29) is 5.97 Å². The molecule has 0 aromatic heterocycles. The highest BCUT2D eigenvalue weighted by Gasteiger charge is 2.12. The minimum Gasteiger partial charge on any atom is -0.356 e. The standard InChI is InChI=1S/C10H22N4O2/c1-13(7-4-10(15)16-12-11)8-9-14-5-2-3-6-14/h12H,2-9,11H2,1H3. The Balaban J connectivity index is 2.01. The van der Waals surface area contributed by atoms with Gasteiger partial charge < -0.3 is 14.6 Å². The highest BCUT2D eigenvalue weighted by atomic mass is 16.7. The molecule has 1 aliphatic rings. The first kappa shape index (κ1) is 13.4. The third-order valence-corrected chi connectivity index (χ3v) is 2.87. The summed E-state index contributed by atoms with van der Waals surface area (Å²) in [6.45, 7) is 5.21. The van der Waals surface area contributed by atoms with Crippen molar-refractivity contribution in [2.24, 2.45) is 5.84 Å². The SMILES string of the molecule is CN(CCC(=O)ONN)CCN1CCCC1. The fourth-order valence-corrected chi connectivity index (χ4v) is 1.83. The summed E-state index contributed by atoms with van der Waals surface area (Å²) in [6, 6.07) is 0. The molecule has 0 spiro atoms. The normalized spacial score (nSPS) is 16.9. The topological polar surface area (TPSA) is 70.8 Å². The molecule has 94 valence electrons. The third kappa shape index (κ3) is 5.41. The van der Waals surface area contributed by atoms with Crippen molar-refractivity contribution >= 4 is 5.97 Å². The van der Waals surface area contributed by atoms with Gasteiger partial charge in [-0.1, -0.05) is 5.59 Å². The van der Waals surface area contributed by atoms with E-state index in [4.69, 9.17) is 5.84 Å². The van der Waals surface area contributed by atoms with Crippen LogP contribution in [0.5, 0.6) is 0 Å². The van der Waals surface area contributed by atoms with Gasteiger partial charge in [-0.15, -0.1) is 0 Å². The average molecular weight is 230 g/mol. The fourth-order valence-electron chi connectivity index (χ4n) is 1.83. The van der Waals surface area contributed by atoms with Crippen LogP contribution in [0.15, 0.2) is 0 Å². The molecule has 0 aromatic carbocycles. The number of nitrogens with zero attached hydrogens (tertiary/aromatic N) is 2. The van der Waals surface area contributed by atoms with Gasteiger partial charge in [0.2, 0.25) is 0 Å². The van der Waals surface area contributed by atoms with Gasteiger partial charge in [0.15, 0.2) is 0 Å². The van der Waals surface area contributed by atoms with Crippen LogP contribution in [0.2, 0.25) is 0 Å². The molecule has 0 unspecified atom stereocenters. The van der Waals surface area contributed by atoms with Crippen molar-refractivity contribution in [1.82, 2.24) is 15.4 Å². The summed E-state index contributed by atoms with van der Waals surface area (Å²) in [4.78, 5) is 20.0. The van der Waals surface area contributed by atoms with Crippen molar-refractivity contribution in [3.63, 3.8) is 0 Å². The molecular formula is C10H22N4O2. The average Bonchev–Trinajstić information content (AvgIpc) is 2.77. The number of likely N-dealkylation sites (tertiary alicyclic amines) is 1. The second-order valence-electron chi connectivity index (χ2n) is 4.19. The van der Waals surface area contributed by atoms with Gasteiger partial charge in [-0.3, -0.25) is 4.79 Å². The molecule has 0 aromatic rings. The van der Waals surface area contributed by atoms with Gasteiger partial charge >= 0.3 is 5.97 Å². The number of nitrogens with one attached hydrogen (secondary N) is 1. The van der Waals surface area contributed by atoms with Crippen LogP contribution in [0, 0.1) is 0 Å². The highest BCUT2D eigenvalue weighted by molar-refractivity contribution is 5.69. The van der Waals surface area contributed by atoms with Gasteiger partial charge in [0, 0.05) is 19.6 Å². The lowest BCUT2D eigenvalue weighted by Gasteiger charge is -2.20. The Bertz CT molecular complexity index is 207. The summed E-state index contributed by atoms with van der Waals surface area (Å²) in [6.07, 6.45) is 3.00. The van der Waals surface area contributed by atoms with Gasteiger partial charge in [0.25, 0.3) is 0 Å². The number of nitrogens with two attached hydrogens (primary N) is 1. The molecule has 1 aliphatic heterocycles. The van der Waals surface area contributed by atoms with E-state index in [9.17, 15) is 4.79 Å². The Morgan fingerprint density at radius 2 is 2.12 bits per heavy atom. The Labute approximate surface area is 96.6 Å². The van der Waals surface area contributed by atoms with Gasteiger partial charge in [-0.2, -0.15) is 0 Å². The quantitative estimate of drug-likeness (QED) is 0.446. The second kappa shape index (κ2) is 7.56. The molecule has 0 radical (unpaired) electrons. The predicted octanol–water partition coefficient (Wildman–Crippen LogP) is -0.674. The summed E-state index contributed by atoms with van der Waals surface area (Å²) < 4.78 is 0. The van der Waals surface area contributed by atoms with Crippen LogP contribution in [-0.2, 0) is 9.63 Å². The molecule has 0 amide bonds. The first-order valence-corrected chi connectivity index (χ1v) is 5.78. The first-order chi connectivity index (χ1) is 7.72. The molecule has 6 nitrogen and oxygen atoms in total. The van der Waals surface area contributed by atoms with E-state index in [1.165, 1.54) is 25.9 Å². The van der Waals surface area contributed by atoms with Crippen molar-refractivity contribution in [2.75, 3.05) is 39.8 Å². The monoisotopic (exact) mass is 230 g/mol. The number of hydrogen-bond acceptors (Lipinski definition) is 6. The second-order valence-corrected chi connectivity index (χ2v) is 4.19. The number of hydrazine groups is 1. The minimum absolute atomic E-state index is 0.324. The minimum atomic E-state index is -0.324. The van der Waals surface area contributed by atoms with Gasteiger partial charge in [-0.05, 0) is 33.0 Å². The van der Waals surface area contributed by atoms with E-state index in [2.05, 4.69) is 14.6 Å². The maximum Gasteiger partial charge on any atom is 0.327 e. The van der Waals surface area contributed by atoms with Crippen LogP contribution in [0.1, 0.15) is 19.3 Å². The van der Waals surface area contributed by atoms with Gasteiger partial charge in [-0.25, -0.2) is 5.84 Å². The van der Waals surface area contributed by atoms with Crippen LogP contribution in [0.3, 0.4) is 0 Å². The Hall–Kier alpha value is -0.690. The molecule has 0 bridgehead atoms. The van der Waals surface area contributed by atoms with E-state index in [0.29, 0.717) is 13.0 Å². The summed E-state index contributed by atoms with van der Waals surface area (Å²) >= 11 is 0. The van der Waals surface area contributed by atoms with Crippen molar-refractivity contribution in [3.8, 4) is 0 Å². The number of likely N-dealkylation sites (N-methyl/N-ethyl adjacent to an activating group) is 1. The zero-order valence-electron chi connectivity index (χ0n) is 9.95. The zero-order chi connectivity index (χ0) is 11.8. The molecule has 0 saturated carbocycles. The Morgan fingerprint density at radius 3 is 2.75 bits per heavy atom. The molecule has 6 heteroatoms. The predicted molar refractivity (Wildman–Crippen MR) is 61.2 cm³/mol. The van der Waals surface area contributed by atoms with Crippen LogP contribution >= 0.6 is 0 Å². The summed E-state index contributed by atoms with van der Waals surface area (Å²) in [5.74, 6) is 4.54. The highest BCUT2D eigenvalue weighted by Crippen LogP contribution is 2.06. The molecule has 1 heterocycles. The summed E-state index contributed by atoms with van der Waals surface area (Å²) in [5.41, 5.74) is 1.89. The van der Waals surface area contributed by atoms with Crippen LogP contribution in [0.4, 0.5) is 0 Å². The maximum atomic E-state index is 11.0. The van der Waals surface area contributed by atoms with E-state index < -0.39 is 0 Å². The number of carbonyl (C=O) groups excluding carboxylic acids is 1. The first-order valence-electron chi connectivity index (χ1n) is 5.78. The van der Waals surface area contributed by atoms with Crippen LogP contribution in [0.25, 0.3) is 0 Å².